The van der Waals surface area contributed by atoms with Gasteiger partial charge < -0.3 is 15.3 Å². The van der Waals surface area contributed by atoms with Crippen molar-refractivity contribution in [2.45, 2.75) is 64.6 Å². The van der Waals surface area contributed by atoms with Crippen LogP contribution in [0.3, 0.4) is 0 Å². The van der Waals surface area contributed by atoms with Gasteiger partial charge in [0.05, 0.1) is 6.10 Å². The van der Waals surface area contributed by atoms with Gasteiger partial charge in [-0.3, -0.25) is 9.59 Å². The molecule has 0 aromatic rings. The number of carbonyl (C=O) groups excluding carboxylic acids is 2. The van der Waals surface area contributed by atoms with Gasteiger partial charge in [-0.15, -0.1) is 0 Å². The number of amides is 2. The predicted octanol–water partition coefficient (Wildman–Crippen LogP) is 0.909. The number of hydrogen-bond acceptors (Lipinski definition) is 3. The maximum Gasteiger partial charge on any atom is 0.247 e. The molecule has 0 heterocycles. The fourth-order valence-electron chi connectivity index (χ4n) is 2.50. The van der Waals surface area contributed by atoms with Crippen LogP contribution in [0.5, 0.6) is 0 Å². The van der Waals surface area contributed by atoms with E-state index in [2.05, 4.69) is 12.2 Å². The Morgan fingerprint density at radius 2 is 1.85 bits per heavy atom. The number of nitrogens with zero attached hydrogens (tertiary/aromatic N) is 1. The van der Waals surface area contributed by atoms with Gasteiger partial charge in [0.15, 0.2) is 0 Å². The van der Waals surface area contributed by atoms with Crippen LogP contribution in [0, 0.1) is 11.3 Å². The second-order valence-corrected chi connectivity index (χ2v) is 6.78. The number of rotatable bonds is 6. The smallest absolute Gasteiger partial charge is 0.247 e. The predicted molar refractivity (Wildman–Crippen MR) is 75.9 cm³/mol. The molecule has 2 N–H and O–H groups in total. The Morgan fingerprint density at radius 3 is 2.25 bits per heavy atom. The van der Waals surface area contributed by atoms with Crippen LogP contribution in [0.4, 0.5) is 0 Å². The first kappa shape index (κ1) is 15.3. The van der Waals surface area contributed by atoms with E-state index in [1.165, 1.54) is 0 Å². The molecule has 0 aliphatic heterocycles. The van der Waals surface area contributed by atoms with Crippen LogP contribution in [0.1, 0.15) is 46.5 Å². The lowest BCUT2D eigenvalue weighted by Crippen LogP contribution is -2.55. The number of hydrogen-bond donors (Lipinski definition) is 2. The third kappa shape index (κ3) is 3.14. The van der Waals surface area contributed by atoms with Crippen LogP contribution in [0.25, 0.3) is 0 Å². The summed E-state index contributed by atoms with van der Waals surface area (Å²) in [6.45, 7) is 5.75. The molecular formula is C15H26N2O3. The first-order valence-electron chi connectivity index (χ1n) is 7.51. The Balaban J connectivity index is 2.00. The van der Waals surface area contributed by atoms with Crippen molar-refractivity contribution in [1.82, 2.24) is 10.2 Å². The minimum Gasteiger partial charge on any atom is -0.391 e. The van der Waals surface area contributed by atoms with Gasteiger partial charge in [-0.05, 0) is 44.9 Å². The number of aliphatic hydroxyl groups excluding tert-OH is 1. The molecule has 0 saturated heterocycles. The highest BCUT2D eigenvalue weighted by molar-refractivity contribution is 5.89. The van der Waals surface area contributed by atoms with Crippen LogP contribution in [0.2, 0.25) is 0 Å². The first-order chi connectivity index (χ1) is 9.26. The highest BCUT2D eigenvalue weighted by Crippen LogP contribution is 2.49. The molecular weight excluding hydrogens is 256 g/mol. The summed E-state index contributed by atoms with van der Waals surface area (Å²) in [5.74, 6) is -0.273. The van der Waals surface area contributed by atoms with Gasteiger partial charge in [0.25, 0.3) is 0 Å². The molecule has 2 aliphatic carbocycles. The summed E-state index contributed by atoms with van der Waals surface area (Å²) in [5.41, 5.74) is 0.189. The molecule has 2 amide bonds. The molecule has 2 fully saturated rings. The van der Waals surface area contributed by atoms with Crippen molar-refractivity contribution in [2.24, 2.45) is 11.3 Å². The Kier molecular flexibility index (Phi) is 4.09. The van der Waals surface area contributed by atoms with Crippen LogP contribution in [0.15, 0.2) is 0 Å². The zero-order chi connectivity index (χ0) is 15.1. The van der Waals surface area contributed by atoms with Crippen LogP contribution in [-0.4, -0.2) is 47.1 Å². The summed E-state index contributed by atoms with van der Waals surface area (Å²) in [6.07, 6.45) is 3.14. The zero-order valence-electron chi connectivity index (χ0n) is 12.8. The van der Waals surface area contributed by atoms with Crippen molar-refractivity contribution in [3.05, 3.63) is 0 Å². The van der Waals surface area contributed by atoms with Gasteiger partial charge in [-0.2, -0.15) is 0 Å². The van der Waals surface area contributed by atoms with E-state index in [0.29, 0.717) is 0 Å². The Labute approximate surface area is 120 Å². The van der Waals surface area contributed by atoms with E-state index in [-0.39, 0.29) is 29.2 Å². The fraction of sp³-hybridized carbons (Fsp3) is 0.867. The number of aliphatic hydroxyl groups is 1. The zero-order valence-corrected chi connectivity index (χ0v) is 12.8. The molecule has 0 spiro atoms. The molecule has 0 aromatic heterocycles. The first-order valence-corrected chi connectivity index (χ1v) is 7.51. The van der Waals surface area contributed by atoms with E-state index in [1.807, 2.05) is 6.92 Å². The Hall–Kier alpha value is -1.10. The van der Waals surface area contributed by atoms with Gasteiger partial charge in [-0.25, -0.2) is 0 Å². The van der Waals surface area contributed by atoms with Crippen LogP contribution in [-0.2, 0) is 9.59 Å². The number of carbonyl (C=O) groups is 2. The SMILES string of the molecule is CC(O)C(NC(=O)C1CC1)C(=O)N(C)C(C)C1(C)CC1. The van der Waals surface area contributed by atoms with Crippen molar-refractivity contribution in [3.8, 4) is 0 Å². The highest BCUT2D eigenvalue weighted by atomic mass is 16.3. The maximum atomic E-state index is 12.5. The lowest BCUT2D eigenvalue weighted by atomic mass is 9.98. The summed E-state index contributed by atoms with van der Waals surface area (Å²) in [6, 6.07) is -0.716. The van der Waals surface area contributed by atoms with Crippen molar-refractivity contribution >= 4 is 11.8 Å². The molecule has 5 nitrogen and oxygen atoms in total. The Bertz CT molecular complexity index is 400. The van der Waals surface area contributed by atoms with Gasteiger partial charge in [0, 0.05) is 19.0 Å². The van der Waals surface area contributed by atoms with E-state index in [0.717, 1.165) is 25.7 Å². The average molecular weight is 282 g/mol. The van der Waals surface area contributed by atoms with Gasteiger partial charge in [0.1, 0.15) is 6.04 Å². The molecule has 20 heavy (non-hydrogen) atoms. The molecule has 3 unspecified atom stereocenters. The summed E-state index contributed by atoms with van der Waals surface area (Å²) in [5, 5.41) is 12.5. The molecule has 0 aromatic carbocycles. The average Bonchev–Trinajstić information content (AvgIpc) is 3.27. The quantitative estimate of drug-likeness (QED) is 0.761. The standard InChI is InChI=1S/C15H26N2O3/c1-9(18)12(16-13(19)11-5-6-11)14(20)17(4)10(2)15(3)7-8-15/h9-12,18H,5-8H2,1-4H3,(H,16,19). The molecule has 114 valence electrons. The lowest BCUT2D eigenvalue weighted by molar-refractivity contribution is -0.141. The molecule has 5 heteroatoms. The molecule has 3 atom stereocenters. The van der Waals surface area contributed by atoms with Gasteiger partial charge in [-0.1, -0.05) is 6.92 Å². The summed E-state index contributed by atoms with van der Waals surface area (Å²) in [7, 11) is 1.76. The molecule has 0 bridgehead atoms. The molecule has 2 rings (SSSR count). The number of likely N-dealkylation sites (N-methyl/N-ethyl adjacent to an activating group) is 1. The Morgan fingerprint density at radius 1 is 1.30 bits per heavy atom. The van der Waals surface area contributed by atoms with E-state index in [4.69, 9.17) is 0 Å². The molecule has 0 radical (unpaired) electrons. The third-order valence-corrected chi connectivity index (χ3v) is 4.97. The van der Waals surface area contributed by atoms with Crippen LogP contribution >= 0.6 is 0 Å². The van der Waals surface area contributed by atoms with Gasteiger partial charge >= 0.3 is 0 Å². The normalized spacial score (nSPS) is 24.4. The van der Waals surface area contributed by atoms with Gasteiger partial charge in [0.2, 0.25) is 11.8 Å². The topological polar surface area (TPSA) is 69.6 Å². The summed E-state index contributed by atoms with van der Waals surface area (Å²) in [4.78, 5) is 26.0. The van der Waals surface area contributed by atoms with Crippen molar-refractivity contribution in [1.29, 1.82) is 0 Å². The lowest BCUT2D eigenvalue weighted by Gasteiger charge is -2.34. The second kappa shape index (κ2) is 5.35. The van der Waals surface area contributed by atoms with E-state index in [9.17, 15) is 14.7 Å². The molecule has 2 saturated carbocycles. The third-order valence-electron chi connectivity index (χ3n) is 4.97. The van der Waals surface area contributed by atoms with E-state index in [1.54, 1.807) is 18.9 Å². The molecule has 2 aliphatic rings. The van der Waals surface area contributed by atoms with Crippen LogP contribution < -0.4 is 5.32 Å². The van der Waals surface area contributed by atoms with E-state index >= 15 is 0 Å². The largest absolute Gasteiger partial charge is 0.391 e. The van der Waals surface area contributed by atoms with Crippen molar-refractivity contribution in [2.75, 3.05) is 7.05 Å². The monoisotopic (exact) mass is 282 g/mol. The fourth-order valence-corrected chi connectivity index (χ4v) is 2.50. The summed E-state index contributed by atoms with van der Waals surface area (Å²) >= 11 is 0. The number of nitrogens with one attached hydrogen (secondary N) is 1. The van der Waals surface area contributed by atoms with E-state index < -0.39 is 12.1 Å². The van der Waals surface area contributed by atoms with Crippen molar-refractivity contribution < 1.29 is 14.7 Å². The minimum atomic E-state index is -0.883. The minimum absolute atomic E-state index is 0.0349. The van der Waals surface area contributed by atoms with Crippen molar-refractivity contribution in [3.63, 3.8) is 0 Å². The summed E-state index contributed by atoms with van der Waals surface area (Å²) < 4.78 is 0. The maximum absolute atomic E-state index is 12.5. The second-order valence-electron chi connectivity index (χ2n) is 6.78. The highest BCUT2D eigenvalue weighted by Gasteiger charge is 2.46.